The van der Waals surface area contributed by atoms with Crippen molar-refractivity contribution in [2.24, 2.45) is 5.92 Å². The minimum absolute atomic E-state index is 0.0938. The van der Waals surface area contributed by atoms with E-state index in [4.69, 9.17) is 4.74 Å². The zero-order valence-electron chi connectivity index (χ0n) is 17.8. The summed E-state index contributed by atoms with van der Waals surface area (Å²) in [6, 6.07) is 13.3. The first-order valence-electron chi connectivity index (χ1n) is 11.4. The van der Waals surface area contributed by atoms with Gasteiger partial charge in [-0.25, -0.2) is 8.42 Å². The van der Waals surface area contributed by atoms with E-state index in [2.05, 4.69) is 0 Å². The van der Waals surface area contributed by atoms with Gasteiger partial charge in [-0.1, -0.05) is 43.2 Å². The molecule has 1 aliphatic carbocycles. The third-order valence-electron chi connectivity index (χ3n) is 7.18. The first-order valence-corrected chi connectivity index (χ1v) is 12.9. The number of fused-ring (bicyclic) bond motifs is 2. The molecule has 3 aliphatic rings. The van der Waals surface area contributed by atoms with Crippen LogP contribution in [0.1, 0.15) is 38.5 Å². The third-order valence-corrected chi connectivity index (χ3v) is 9.07. The second kappa shape index (κ2) is 8.52. The van der Waals surface area contributed by atoms with Crippen molar-refractivity contribution in [2.45, 2.75) is 55.6 Å². The number of hydrogen-bond acceptors (Lipinski definition) is 4. The molecule has 0 bridgehead atoms. The van der Waals surface area contributed by atoms with E-state index in [0.29, 0.717) is 44.0 Å². The average Bonchev–Trinajstić information content (AvgIpc) is 2.83. The average molecular weight is 443 g/mol. The van der Waals surface area contributed by atoms with Crippen molar-refractivity contribution in [3.8, 4) is 0 Å². The second-order valence-electron chi connectivity index (χ2n) is 8.98. The number of nitrogens with zero attached hydrogens (tertiary/aromatic N) is 2. The topological polar surface area (TPSA) is 66.9 Å². The molecule has 31 heavy (non-hydrogen) atoms. The summed E-state index contributed by atoms with van der Waals surface area (Å²) >= 11 is 0. The highest BCUT2D eigenvalue weighted by atomic mass is 32.2. The molecule has 2 aliphatic heterocycles. The quantitative estimate of drug-likeness (QED) is 0.731. The normalized spacial score (nSPS) is 26.0. The molecule has 2 aromatic carbocycles. The lowest BCUT2D eigenvalue weighted by molar-refractivity contribution is -0.154. The second-order valence-corrected chi connectivity index (χ2v) is 10.9. The van der Waals surface area contributed by atoms with Crippen molar-refractivity contribution in [1.82, 2.24) is 9.21 Å². The molecule has 0 N–H and O–H groups in total. The van der Waals surface area contributed by atoms with E-state index in [1.165, 1.54) is 6.42 Å². The van der Waals surface area contributed by atoms with Crippen molar-refractivity contribution in [3.05, 3.63) is 42.5 Å². The van der Waals surface area contributed by atoms with E-state index in [9.17, 15) is 13.2 Å². The Hall–Kier alpha value is -1.96. The molecule has 2 atom stereocenters. The summed E-state index contributed by atoms with van der Waals surface area (Å²) in [6.45, 7) is 2.06. The lowest BCUT2D eigenvalue weighted by Gasteiger charge is -2.45. The van der Waals surface area contributed by atoms with Crippen LogP contribution in [0.4, 0.5) is 0 Å². The van der Waals surface area contributed by atoms with Crippen molar-refractivity contribution in [1.29, 1.82) is 0 Å². The monoisotopic (exact) mass is 442 g/mol. The van der Waals surface area contributed by atoms with E-state index in [-0.39, 0.29) is 24.0 Å². The van der Waals surface area contributed by atoms with Gasteiger partial charge in [-0.2, -0.15) is 4.31 Å². The summed E-state index contributed by atoms with van der Waals surface area (Å²) in [6.07, 6.45) is 5.73. The number of carbonyl (C=O) groups is 1. The number of amides is 1. The van der Waals surface area contributed by atoms with Crippen LogP contribution in [0.25, 0.3) is 10.8 Å². The van der Waals surface area contributed by atoms with E-state index in [0.717, 1.165) is 30.0 Å². The number of hydrogen-bond donors (Lipinski definition) is 0. The molecule has 0 radical (unpaired) electrons. The fraction of sp³-hybridized carbons (Fsp3) is 0.542. The number of morpholine rings is 1. The van der Waals surface area contributed by atoms with E-state index in [1.807, 2.05) is 35.2 Å². The van der Waals surface area contributed by atoms with Crippen molar-refractivity contribution in [3.63, 3.8) is 0 Å². The maximum absolute atomic E-state index is 13.3. The molecule has 3 fully saturated rings. The summed E-state index contributed by atoms with van der Waals surface area (Å²) in [7, 11) is -3.56. The van der Waals surface area contributed by atoms with Crippen molar-refractivity contribution >= 4 is 26.7 Å². The van der Waals surface area contributed by atoms with Crippen LogP contribution in [0.3, 0.4) is 0 Å². The Morgan fingerprint density at radius 1 is 0.903 bits per heavy atom. The molecule has 1 amide bonds. The fourth-order valence-corrected chi connectivity index (χ4v) is 6.93. The molecule has 2 unspecified atom stereocenters. The van der Waals surface area contributed by atoms with Crippen molar-refractivity contribution in [2.75, 3.05) is 26.2 Å². The summed E-state index contributed by atoms with van der Waals surface area (Å²) < 4.78 is 33.9. The maximum atomic E-state index is 13.3. The van der Waals surface area contributed by atoms with E-state index in [1.54, 1.807) is 16.4 Å². The molecule has 6 nitrogen and oxygen atoms in total. The van der Waals surface area contributed by atoms with E-state index >= 15 is 0 Å². The Morgan fingerprint density at radius 3 is 2.45 bits per heavy atom. The molecule has 7 heteroatoms. The number of piperidine rings is 1. The van der Waals surface area contributed by atoms with Gasteiger partial charge in [0, 0.05) is 25.6 Å². The van der Waals surface area contributed by atoms with Crippen LogP contribution in [0, 0.1) is 5.92 Å². The van der Waals surface area contributed by atoms with Gasteiger partial charge in [0.15, 0.2) is 0 Å². The number of ether oxygens (including phenoxy) is 1. The zero-order chi connectivity index (χ0) is 21.4. The lowest BCUT2D eigenvalue weighted by atomic mass is 9.88. The lowest BCUT2D eigenvalue weighted by Crippen LogP contribution is -2.57. The van der Waals surface area contributed by atoms with Crippen LogP contribution in [-0.4, -0.2) is 61.9 Å². The number of carbonyl (C=O) groups excluding carboxylic acids is 1. The highest BCUT2D eigenvalue weighted by Gasteiger charge is 2.40. The number of sulfonamides is 1. The maximum Gasteiger partial charge on any atom is 0.243 e. The largest absolute Gasteiger partial charge is 0.374 e. The number of benzene rings is 2. The summed E-state index contributed by atoms with van der Waals surface area (Å²) in [5, 5.41) is 1.94. The molecule has 2 saturated heterocycles. The van der Waals surface area contributed by atoms with Gasteiger partial charge in [-0.15, -0.1) is 0 Å². The molecule has 2 heterocycles. The summed E-state index contributed by atoms with van der Waals surface area (Å²) in [5.41, 5.74) is 0. The summed E-state index contributed by atoms with van der Waals surface area (Å²) in [4.78, 5) is 15.7. The number of rotatable bonds is 3. The molecule has 0 aromatic heterocycles. The molecule has 0 spiro atoms. The predicted molar refractivity (Wildman–Crippen MR) is 119 cm³/mol. The molecule has 5 rings (SSSR count). The zero-order valence-corrected chi connectivity index (χ0v) is 18.6. The van der Waals surface area contributed by atoms with Gasteiger partial charge in [0.25, 0.3) is 0 Å². The Bertz CT molecular complexity index is 1060. The Labute approximate surface area is 184 Å². The van der Waals surface area contributed by atoms with Crippen LogP contribution in [0.5, 0.6) is 0 Å². The van der Waals surface area contributed by atoms with Crippen LogP contribution < -0.4 is 0 Å². The van der Waals surface area contributed by atoms with E-state index < -0.39 is 10.0 Å². The van der Waals surface area contributed by atoms with Gasteiger partial charge in [-0.3, -0.25) is 4.79 Å². The SMILES string of the molecule is O=C(C1CCN(S(=O)(=O)c2ccc3ccccc3c2)CC1)N1CCOC2CCCCC21. The predicted octanol–water partition coefficient (Wildman–Crippen LogP) is 3.41. The fourth-order valence-electron chi connectivity index (χ4n) is 5.42. The highest BCUT2D eigenvalue weighted by Crippen LogP contribution is 2.32. The van der Waals surface area contributed by atoms with Gasteiger partial charge in [0.1, 0.15) is 0 Å². The smallest absolute Gasteiger partial charge is 0.243 e. The van der Waals surface area contributed by atoms with Gasteiger partial charge in [-0.05, 0) is 48.6 Å². The standard InChI is InChI=1S/C24H30N2O4S/c27-24(26-15-16-30-23-8-4-3-7-22(23)26)19-11-13-25(14-12-19)31(28,29)21-10-9-18-5-1-2-6-20(18)17-21/h1-2,5-6,9-10,17,19,22-23H,3-4,7-8,11-16H2. The molecular weight excluding hydrogens is 412 g/mol. The third kappa shape index (κ3) is 3.99. The molecule has 166 valence electrons. The van der Waals surface area contributed by atoms with Gasteiger partial charge in [0.05, 0.1) is 23.6 Å². The Balaban J connectivity index is 1.26. The summed E-state index contributed by atoms with van der Waals surface area (Å²) in [5.74, 6) is 0.103. The van der Waals surface area contributed by atoms with Crippen LogP contribution >= 0.6 is 0 Å². The van der Waals surface area contributed by atoms with Gasteiger partial charge < -0.3 is 9.64 Å². The first kappa shape index (κ1) is 20.9. The highest BCUT2D eigenvalue weighted by molar-refractivity contribution is 7.89. The Kier molecular flexibility index (Phi) is 5.75. The minimum Gasteiger partial charge on any atom is -0.374 e. The Morgan fingerprint density at radius 2 is 1.65 bits per heavy atom. The molecular formula is C24H30N2O4S. The van der Waals surface area contributed by atoms with Crippen molar-refractivity contribution < 1.29 is 17.9 Å². The molecule has 2 aromatic rings. The minimum atomic E-state index is -3.56. The van der Waals surface area contributed by atoms with Crippen LogP contribution in [-0.2, 0) is 19.6 Å². The first-order chi connectivity index (χ1) is 15.0. The van der Waals surface area contributed by atoms with Crippen LogP contribution in [0.15, 0.2) is 47.4 Å². The van der Waals surface area contributed by atoms with Gasteiger partial charge in [0.2, 0.25) is 15.9 Å². The molecule has 1 saturated carbocycles. The van der Waals surface area contributed by atoms with Crippen LogP contribution in [0.2, 0.25) is 0 Å². The van der Waals surface area contributed by atoms with Gasteiger partial charge >= 0.3 is 0 Å².